The van der Waals surface area contributed by atoms with Crippen molar-refractivity contribution in [1.29, 1.82) is 0 Å². The second kappa shape index (κ2) is 15.5. The van der Waals surface area contributed by atoms with E-state index in [1.54, 1.807) is 33.5 Å². The molecule has 4 aromatic rings. The minimum Gasteiger partial charge on any atom is -0.493 e. The molecule has 2 aliphatic rings. The number of fused-ring (bicyclic) bond motifs is 1. The van der Waals surface area contributed by atoms with Crippen molar-refractivity contribution < 1.29 is 28.1 Å². The summed E-state index contributed by atoms with van der Waals surface area (Å²) in [6.45, 7) is 8.06. The summed E-state index contributed by atoms with van der Waals surface area (Å²) in [5, 5.41) is 3.74. The Morgan fingerprint density at radius 2 is 1.67 bits per heavy atom. The number of carbonyl (C=O) groups excluding carboxylic acids is 1. The Morgan fingerprint density at radius 3 is 2.35 bits per heavy atom. The third kappa shape index (κ3) is 7.47. The fraction of sp³-hybridized carbons (Fsp3) is 0.474. The number of nitrogens with zero attached hydrogens (tertiary/aromatic N) is 4. The first kappa shape index (κ1) is 34.5. The van der Waals surface area contributed by atoms with Crippen molar-refractivity contribution in [1.82, 2.24) is 19.4 Å². The molecule has 1 unspecified atom stereocenters. The third-order valence-electron chi connectivity index (χ3n) is 10.2. The van der Waals surface area contributed by atoms with Gasteiger partial charge in [0.2, 0.25) is 11.7 Å². The molecule has 10 nitrogen and oxygen atoms in total. The first-order valence-electron chi connectivity index (χ1n) is 17.2. The van der Waals surface area contributed by atoms with E-state index in [9.17, 15) is 9.18 Å². The lowest BCUT2D eigenvalue weighted by atomic mass is 9.76. The minimum absolute atomic E-state index is 0.0950. The molecule has 1 aromatic heterocycles. The highest BCUT2D eigenvalue weighted by Gasteiger charge is 2.42. The highest BCUT2D eigenvalue weighted by atomic mass is 19.1. The van der Waals surface area contributed by atoms with Crippen molar-refractivity contribution in [3.8, 4) is 17.2 Å². The van der Waals surface area contributed by atoms with Crippen LogP contribution >= 0.6 is 0 Å². The lowest BCUT2D eigenvalue weighted by molar-refractivity contribution is 0.0779. The number of hydrogen-bond donors (Lipinski definition) is 1. The number of imidazole rings is 1. The van der Waals surface area contributed by atoms with Gasteiger partial charge in [0.25, 0.3) is 5.91 Å². The molecule has 11 heteroatoms. The first-order valence-corrected chi connectivity index (χ1v) is 17.2. The van der Waals surface area contributed by atoms with Gasteiger partial charge in [0.05, 0.1) is 39.0 Å². The van der Waals surface area contributed by atoms with Crippen LogP contribution in [0.2, 0.25) is 0 Å². The zero-order valence-corrected chi connectivity index (χ0v) is 29.0. The Bertz CT molecular complexity index is 1700. The average molecular weight is 674 g/mol. The smallest absolute Gasteiger partial charge is 0.254 e. The molecule has 1 N–H and O–H groups in total. The number of hydrogen-bond acceptors (Lipinski definition) is 8. The predicted molar refractivity (Wildman–Crippen MR) is 189 cm³/mol. The van der Waals surface area contributed by atoms with Gasteiger partial charge in [-0.3, -0.25) is 4.79 Å². The number of ether oxygens (including phenoxy) is 4. The summed E-state index contributed by atoms with van der Waals surface area (Å²) in [4.78, 5) is 23.2. The van der Waals surface area contributed by atoms with Crippen molar-refractivity contribution in [2.75, 3.05) is 72.6 Å². The molecule has 0 saturated carbocycles. The monoisotopic (exact) mass is 673 g/mol. The second-order valence-electron chi connectivity index (χ2n) is 13.0. The Morgan fingerprint density at radius 1 is 0.959 bits per heavy atom. The molecule has 0 radical (unpaired) electrons. The number of anilines is 1. The van der Waals surface area contributed by atoms with E-state index < -0.39 is 0 Å². The van der Waals surface area contributed by atoms with Gasteiger partial charge in [0.15, 0.2) is 11.5 Å². The number of rotatable bonds is 14. The average Bonchev–Trinajstić information content (AvgIpc) is 3.73. The van der Waals surface area contributed by atoms with E-state index in [0.717, 1.165) is 74.4 Å². The van der Waals surface area contributed by atoms with Crippen LogP contribution in [-0.4, -0.2) is 98.6 Å². The number of amides is 1. The predicted octanol–water partition coefficient (Wildman–Crippen LogP) is 5.99. The van der Waals surface area contributed by atoms with Gasteiger partial charge in [-0.25, -0.2) is 9.37 Å². The molecule has 262 valence electrons. The zero-order valence-electron chi connectivity index (χ0n) is 29.0. The van der Waals surface area contributed by atoms with Gasteiger partial charge < -0.3 is 38.6 Å². The molecule has 2 fully saturated rings. The molecule has 49 heavy (non-hydrogen) atoms. The van der Waals surface area contributed by atoms with Crippen LogP contribution < -0.4 is 19.5 Å². The van der Waals surface area contributed by atoms with Gasteiger partial charge in [-0.1, -0.05) is 24.3 Å². The van der Waals surface area contributed by atoms with Crippen LogP contribution in [0.3, 0.4) is 0 Å². The minimum atomic E-state index is -0.287. The van der Waals surface area contributed by atoms with Crippen molar-refractivity contribution in [3.05, 3.63) is 77.6 Å². The number of piperidine rings is 1. The van der Waals surface area contributed by atoms with Crippen LogP contribution in [-0.2, 0) is 16.7 Å². The van der Waals surface area contributed by atoms with E-state index in [4.69, 9.17) is 23.9 Å². The number of carbonyl (C=O) groups is 1. The van der Waals surface area contributed by atoms with Gasteiger partial charge in [-0.2, -0.15) is 0 Å². The van der Waals surface area contributed by atoms with Gasteiger partial charge in [-0.15, -0.1) is 0 Å². The van der Waals surface area contributed by atoms with E-state index in [2.05, 4.69) is 33.0 Å². The largest absolute Gasteiger partial charge is 0.493 e. The third-order valence-corrected chi connectivity index (χ3v) is 10.2. The molecule has 3 heterocycles. The Balaban J connectivity index is 1.12. The molecule has 2 aliphatic heterocycles. The molecule has 1 amide bonds. The van der Waals surface area contributed by atoms with Crippen molar-refractivity contribution in [2.24, 2.45) is 0 Å². The topological polar surface area (TPSA) is 90.3 Å². The van der Waals surface area contributed by atoms with Crippen LogP contribution in [0.1, 0.15) is 48.5 Å². The summed E-state index contributed by atoms with van der Waals surface area (Å²) >= 11 is 0. The molecular formula is C38H48FN5O5. The van der Waals surface area contributed by atoms with Crippen LogP contribution in [0.15, 0.2) is 60.7 Å². The molecular weight excluding hydrogens is 625 g/mol. The summed E-state index contributed by atoms with van der Waals surface area (Å²) in [5.74, 6) is 1.87. The number of methoxy groups -OCH3 is 3. The maximum atomic E-state index is 14.0. The van der Waals surface area contributed by atoms with E-state index in [-0.39, 0.29) is 17.1 Å². The fourth-order valence-corrected chi connectivity index (χ4v) is 7.39. The number of likely N-dealkylation sites (tertiary alicyclic amines) is 2. The van der Waals surface area contributed by atoms with Crippen molar-refractivity contribution in [3.63, 3.8) is 0 Å². The Labute approximate surface area is 288 Å². The number of aromatic nitrogens is 2. The van der Waals surface area contributed by atoms with Crippen LogP contribution in [0.5, 0.6) is 17.2 Å². The molecule has 1 atom stereocenters. The van der Waals surface area contributed by atoms with Gasteiger partial charge >= 0.3 is 0 Å². The standard InChI is InChI=1S/C38H48FN5O5/c1-5-49-23-22-44-32-9-7-6-8-31(32)41-37(44)40-30-14-18-42(19-15-30)20-16-38(28-10-12-29(39)13-11-28)17-21-43(26-38)36(45)27-24-33(46-2)35(48-4)34(25-27)47-3/h6-13,24-25,30H,5,14-23,26H2,1-4H3,(H,40,41). The normalized spacial score (nSPS) is 18.6. The molecule has 3 aromatic carbocycles. The molecule has 2 saturated heterocycles. The molecule has 6 rings (SSSR count). The lowest BCUT2D eigenvalue weighted by Crippen LogP contribution is -2.42. The van der Waals surface area contributed by atoms with E-state index in [1.165, 1.54) is 12.1 Å². The summed E-state index contributed by atoms with van der Waals surface area (Å²) in [5.41, 5.74) is 3.36. The maximum absolute atomic E-state index is 14.0. The van der Waals surface area contributed by atoms with Crippen LogP contribution in [0.25, 0.3) is 11.0 Å². The van der Waals surface area contributed by atoms with Crippen molar-refractivity contribution >= 4 is 22.9 Å². The SMILES string of the molecule is CCOCCn1c(NC2CCN(CCC3(c4ccc(F)cc4)CCN(C(=O)c4cc(OC)c(OC)c(OC)c4)C3)CC2)nc2ccccc21. The number of para-hydroxylation sites is 2. The van der Waals surface area contributed by atoms with Crippen LogP contribution in [0, 0.1) is 5.82 Å². The zero-order chi connectivity index (χ0) is 34.4. The first-order chi connectivity index (χ1) is 23.9. The summed E-state index contributed by atoms with van der Waals surface area (Å²) < 4.78 is 38.4. The van der Waals surface area contributed by atoms with Gasteiger partial charge in [-0.05, 0) is 81.1 Å². The lowest BCUT2D eigenvalue weighted by Gasteiger charge is -2.36. The Kier molecular flexibility index (Phi) is 10.9. The van der Waals surface area contributed by atoms with E-state index >= 15 is 0 Å². The molecule has 0 aliphatic carbocycles. The number of benzene rings is 3. The van der Waals surface area contributed by atoms with E-state index in [1.807, 2.05) is 30.0 Å². The highest BCUT2D eigenvalue weighted by molar-refractivity contribution is 5.96. The summed E-state index contributed by atoms with van der Waals surface area (Å²) in [6, 6.07) is 18.8. The second-order valence-corrected chi connectivity index (χ2v) is 13.0. The summed E-state index contributed by atoms with van der Waals surface area (Å²) in [7, 11) is 4.63. The summed E-state index contributed by atoms with van der Waals surface area (Å²) in [6.07, 6.45) is 3.67. The molecule has 0 bridgehead atoms. The highest BCUT2D eigenvalue weighted by Crippen LogP contribution is 2.41. The van der Waals surface area contributed by atoms with Gasteiger partial charge in [0.1, 0.15) is 5.82 Å². The Hall–Kier alpha value is -4.35. The fourth-order valence-electron chi connectivity index (χ4n) is 7.39. The molecule has 0 spiro atoms. The quantitative estimate of drug-likeness (QED) is 0.164. The van der Waals surface area contributed by atoms with E-state index in [0.29, 0.717) is 55.2 Å². The number of halogens is 1. The number of nitrogens with one attached hydrogen (secondary N) is 1. The maximum Gasteiger partial charge on any atom is 0.254 e. The van der Waals surface area contributed by atoms with Crippen LogP contribution in [0.4, 0.5) is 10.3 Å². The van der Waals surface area contributed by atoms with Crippen molar-refractivity contribution in [2.45, 2.75) is 50.6 Å². The van der Waals surface area contributed by atoms with Gasteiger partial charge in [0, 0.05) is 56.4 Å².